The Bertz CT molecular complexity index is 922. The van der Waals surface area contributed by atoms with Crippen LogP contribution in [0.2, 0.25) is 0 Å². The minimum Gasteiger partial charge on any atom is -0.496 e. The molecular formula is C22H27N3O5. The standard InChI is InChI=1S/C22H27N3O5/c1-14-22(27)25(12-11-24(2)3)16-10-9-15(13-19(16)30-14)23-21(26)20-17(28-4)7-6-8-18(20)29-5/h6-10,13-14H,11-12H2,1-5H3,(H,23,26). The van der Waals surface area contributed by atoms with Crippen LogP contribution < -0.4 is 24.4 Å². The van der Waals surface area contributed by atoms with E-state index in [0.717, 1.165) is 6.54 Å². The highest BCUT2D eigenvalue weighted by Gasteiger charge is 2.31. The monoisotopic (exact) mass is 413 g/mol. The molecule has 1 heterocycles. The number of amides is 2. The molecule has 2 aromatic carbocycles. The van der Waals surface area contributed by atoms with Gasteiger partial charge >= 0.3 is 0 Å². The molecule has 1 atom stereocenters. The Morgan fingerprint density at radius 1 is 1.17 bits per heavy atom. The number of hydrogen-bond donors (Lipinski definition) is 1. The minimum absolute atomic E-state index is 0.0834. The van der Waals surface area contributed by atoms with Gasteiger partial charge in [-0.05, 0) is 45.3 Å². The molecule has 0 aromatic heterocycles. The number of hydrogen-bond acceptors (Lipinski definition) is 6. The molecular weight excluding hydrogens is 386 g/mol. The summed E-state index contributed by atoms with van der Waals surface area (Å²) in [5, 5.41) is 2.86. The summed E-state index contributed by atoms with van der Waals surface area (Å²) < 4.78 is 16.4. The fourth-order valence-corrected chi connectivity index (χ4v) is 3.29. The summed E-state index contributed by atoms with van der Waals surface area (Å²) in [6, 6.07) is 10.4. The van der Waals surface area contributed by atoms with Crippen LogP contribution in [0.5, 0.6) is 17.2 Å². The molecule has 0 aliphatic carbocycles. The quantitative estimate of drug-likeness (QED) is 0.752. The molecule has 0 radical (unpaired) electrons. The van der Waals surface area contributed by atoms with Gasteiger partial charge in [0.05, 0.1) is 19.9 Å². The van der Waals surface area contributed by atoms with Crippen LogP contribution in [0.25, 0.3) is 0 Å². The second-order valence-corrected chi connectivity index (χ2v) is 7.23. The van der Waals surface area contributed by atoms with Crippen LogP contribution in [0, 0.1) is 0 Å². The fourth-order valence-electron chi connectivity index (χ4n) is 3.29. The van der Waals surface area contributed by atoms with Crippen LogP contribution in [0.15, 0.2) is 36.4 Å². The summed E-state index contributed by atoms with van der Waals surface area (Å²) in [6.07, 6.45) is -0.597. The van der Waals surface area contributed by atoms with Crippen LogP contribution in [-0.4, -0.2) is 64.2 Å². The van der Waals surface area contributed by atoms with E-state index in [1.807, 2.05) is 19.0 Å². The molecule has 2 amide bonds. The van der Waals surface area contributed by atoms with Crippen molar-refractivity contribution in [3.8, 4) is 17.2 Å². The maximum atomic E-state index is 12.9. The van der Waals surface area contributed by atoms with Gasteiger partial charge in [0.25, 0.3) is 11.8 Å². The normalized spacial score (nSPS) is 15.5. The van der Waals surface area contributed by atoms with E-state index in [9.17, 15) is 9.59 Å². The van der Waals surface area contributed by atoms with E-state index in [-0.39, 0.29) is 11.8 Å². The Labute approximate surface area is 176 Å². The number of carbonyl (C=O) groups is 2. The van der Waals surface area contributed by atoms with Gasteiger partial charge in [-0.15, -0.1) is 0 Å². The maximum Gasteiger partial charge on any atom is 0.267 e. The lowest BCUT2D eigenvalue weighted by molar-refractivity contribution is -0.125. The number of ether oxygens (including phenoxy) is 3. The average molecular weight is 413 g/mol. The Morgan fingerprint density at radius 2 is 1.83 bits per heavy atom. The van der Waals surface area contributed by atoms with E-state index in [1.54, 1.807) is 48.2 Å². The van der Waals surface area contributed by atoms with E-state index in [4.69, 9.17) is 14.2 Å². The molecule has 1 unspecified atom stereocenters. The number of methoxy groups -OCH3 is 2. The lowest BCUT2D eigenvalue weighted by atomic mass is 10.1. The van der Waals surface area contributed by atoms with Gasteiger partial charge in [-0.1, -0.05) is 6.07 Å². The number of nitrogens with one attached hydrogen (secondary N) is 1. The first kappa shape index (κ1) is 21.4. The largest absolute Gasteiger partial charge is 0.496 e. The summed E-state index contributed by atoms with van der Waals surface area (Å²) in [7, 11) is 6.91. The molecule has 1 aliphatic rings. The summed E-state index contributed by atoms with van der Waals surface area (Å²) in [5.74, 6) is 0.921. The molecule has 3 rings (SSSR count). The average Bonchev–Trinajstić information content (AvgIpc) is 2.73. The van der Waals surface area contributed by atoms with Crippen molar-refractivity contribution in [1.29, 1.82) is 0 Å². The summed E-state index contributed by atoms with van der Waals surface area (Å²) in [4.78, 5) is 29.2. The van der Waals surface area contributed by atoms with Gasteiger partial charge in [-0.25, -0.2) is 0 Å². The van der Waals surface area contributed by atoms with Crippen molar-refractivity contribution >= 4 is 23.2 Å². The summed E-state index contributed by atoms with van der Waals surface area (Å²) >= 11 is 0. The predicted octanol–water partition coefficient (Wildman–Crippen LogP) is 2.63. The lowest BCUT2D eigenvalue weighted by Gasteiger charge is -2.34. The summed E-state index contributed by atoms with van der Waals surface area (Å²) in [6.45, 7) is 3.00. The molecule has 0 spiro atoms. The van der Waals surface area contributed by atoms with Crippen molar-refractivity contribution in [3.63, 3.8) is 0 Å². The highest BCUT2D eigenvalue weighted by atomic mass is 16.5. The molecule has 8 heteroatoms. The van der Waals surface area contributed by atoms with E-state index in [1.165, 1.54) is 14.2 Å². The van der Waals surface area contributed by atoms with Crippen LogP contribution in [-0.2, 0) is 4.79 Å². The number of rotatable bonds is 7. The van der Waals surface area contributed by atoms with E-state index >= 15 is 0 Å². The molecule has 1 aliphatic heterocycles. The number of fused-ring (bicyclic) bond motifs is 1. The molecule has 0 fully saturated rings. The molecule has 1 N–H and O–H groups in total. The first-order valence-electron chi connectivity index (χ1n) is 9.64. The predicted molar refractivity (Wildman–Crippen MR) is 115 cm³/mol. The number of carbonyl (C=O) groups excluding carboxylic acids is 2. The van der Waals surface area contributed by atoms with Crippen molar-refractivity contribution in [2.45, 2.75) is 13.0 Å². The minimum atomic E-state index is -0.597. The van der Waals surface area contributed by atoms with E-state index < -0.39 is 6.10 Å². The zero-order valence-electron chi connectivity index (χ0n) is 17.9. The third-order valence-electron chi connectivity index (χ3n) is 4.85. The van der Waals surface area contributed by atoms with Crippen molar-refractivity contribution < 1.29 is 23.8 Å². The van der Waals surface area contributed by atoms with E-state index in [0.29, 0.717) is 40.7 Å². The first-order valence-corrected chi connectivity index (χ1v) is 9.64. The van der Waals surface area contributed by atoms with Gasteiger partial charge in [0, 0.05) is 24.8 Å². The molecule has 30 heavy (non-hydrogen) atoms. The highest BCUT2D eigenvalue weighted by Crippen LogP contribution is 2.37. The second-order valence-electron chi connectivity index (χ2n) is 7.23. The van der Waals surface area contributed by atoms with Gasteiger partial charge in [-0.2, -0.15) is 0 Å². The third-order valence-corrected chi connectivity index (χ3v) is 4.85. The Hall–Kier alpha value is -3.26. The molecule has 0 saturated heterocycles. The van der Waals surface area contributed by atoms with Gasteiger partial charge in [0.2, 0.25) is 0 Å². The van der Waals surface area contributed by atoms with E-state index in [2.05, 4.69) is 5.32 Å². The molecule has 0 saturated carbocycles. The second kappa shape index (κ2) is 9.04. The first-order chi connectivity index (χ1) is 14.3. The number of benzene rings is 2. The molecule has 0 bridgehead atoms. The third kappa shape index (κ3) is 4.33. The number of anilines is 2. The zero-order chi connectivity index (χ0) is 21.8. The topological polar surface area (TPSA) is 80.3 Å². The van der Waals surface area contributed by atoms with Crippen LogP contribution >= 0.6 is 0 Å². The Balaban J connectivity index is 1.87. The van der Waals surface area contributed by atoms with Crippen molar-refractivity contribution in [2.24, 2.45) is 0 Å². The van der Waals surface area contributed by atoms with Gasteiger partial charge < -0.3 is 29.3 Å². The van der Waals surface area contributed by atoms with Crippen LogP contribution in [0.4, 0.5) is 11.4 Å². The molecule has 160 valence electrons. The molecule has 8 nitrogen and oxygen atoms in total. The highest BCUT2D eigenvalue weighted by molar-refractivity contribution is 6.08. The van der Waals surface area contributed by atoms with Crippen LogP contribution in [0.3, 0.4) is 0 Å². The van der Waals surface area contributed by atoms with Crippen LogP contribution in [0.1, 0.15) is 17.3 Å². The maximum absolute atomic E-state index is 12.9. The van der Waals surface area contributed by atoms with Gasteiger partial charge in [0.1, 0.15) is 22.8 Å². The van der Waals surface area contributed by atoms with Gasteiger partial charge in [0.15, 0.2) is 6.10 Å². The molecule has 2 aromatic rings. The Kier molecular flexibility index (Phi) is 6.47. The SMILES string of the molecule is COc1cccc(OC)c1C(=O)Nc1ccc2c(c1)OC(C)C(=O)N2CCN(C)C. The smallest absolute Gasteiger partial charge is 0.267 e. The van der Waals surface area contributed by atoms with Gasteiger partial charge in [-0.3, -0.25) is 9.59 Å². The Morgan fingerprint density at radius 3 is 2.43 bits per heavy atom. The van der Waals surface area contributed by atoms with Crippen molar-refractivity contribution in [3.05, 3.63) is 42.0 Å². The summed E-state index contributed by atoms with van der Waals surface area (Å²) in [5.41, 5.74) is 1.53. The van der Waals surface area contributed by atoms with Crippen molar-refractivity contribution in [1.82, 2.24) is 4.90 Å². The number of nitrogens with zero attached hydrogens (tertiary/aromatic N) is 2. The fraction of sp³-hybridized carbons (Fsp3) is 0.364. The number of likely N-dealkylation sites (N-methyl/N-ethyl adjacent to an activating group) is 1. The van der Waals surface area contributed by atoms with Crippen molar-refractivity contribution in [2.75, 3.05) is 51.6 Å². The lowest BCUT2D eigenvalue weighted by Crippen LogP contribution is -2.46. The zero-order valence-corrected chi connectivity index (χ0v) is 17.9.